The Labute approximate surface area is 226 Å². The quantitative estimate of drug-likeness (QED) is 0.372. The van der Waals surface area contributed by atoms with E-state index in [1.54, 1.807) is 13.2 Å². The fourth-order valence-corrected chi connectivity index (χ4v) is 10.0. The normalized spacial score (nSPS) is 54.5. The van der Waals surface area contributed by atoms with Crippen molar-refractivity contribution in [2.45, 2.75) is 127 Å². The third-order valence-corrected chi connectivity index (χ3v) is 12.4. The van der Waals surface area contributed by atoms with Gasteiger partial charge in [-0.2, -0.15) is 0 Å². The molecule has 5 fully saturated rings. The van der Waals surface area contributed by atoms with Crippen LogP contribution in [0.15, 0.2) is 11.6 Å². The van der Waals surface area contributed by atoms with Crippen LogP contribution in [-0.4, -0.2) is 76.9 Å². The van der Waals surface area contributed by atoms with Crippen molar-refractivity contribution in [2.75, 3.05) is 13.7 Å². The Morgan fingerprint density at radius 3 is 2.45 bits per heavy atom. The van der Waals surface area contributed by atoms with Crippen LogP contribution in [0.2, 0.25) is 0 Å². The van der Waals surface area contributed by atoms with E-state index in [4.69, 9.17) is 18.9 Å². The van der Waals surface area contributed by atoms with E-state index in [1.165, 1.54) is 0 Å². The maximum atomic E-state index is 12.4. The molecule has 3 N–H and O–H groups in total. The number of cyclic esters (lactones) is 1. The molecular formula is C30H46O8. The van der Waals surface area contributed by atoms with Gasteiger partial charge in [0, 0.05) is 31.4 Å². The van der Waals surface area contributed by atoms with Gasteiger partial charge in [-0.05, 0) is 87.0 Å². The summed E-state index contributed by atoms with van der Waals surface area (Å²) in [5, 5.41) is 34.9. The monoisotopic (exact) mass is 534 g/mol. The van der Waals surface area contributed by atoms with Gasteiger partial charge in [0.2, 0.25) is 0 Å². The molecule has 0 spiro atoms. The van der Waals surface area contributed by atoms with E-state index < -0.39 is 23.6 Å². The molecule has 38 heavy (non-hydrogen) atoms. The lowest BCUT2D eigenvalue weighted by atomic mass is 9.42. The summed E-state index contributed by atoms with van der Waals surface area (Å²) >= 11 is 0. The topological polar surface area (TPSA) is 115 Å². The van der Waals surface area contributed by atoms with E-state index in [2.05, 4.69) is 13.8 Å². The standard InChI is InChI=1S/C30H46O8/c1-17-26(32)23(35-4)14-25(37-17)38-19-5-9-27(2)21-6-10-28(3)20(18-13-24(31)36-16-18)8-12-30(28,34)22(21)7-11-29(27,33)15-19/h13,17,19-23,25-26,32-34H,5-12,14-16H2,1-4H3/t17?,19-,20+,21?,22+,23?,25?,26?,27+,28+,29-,30-/m0/s1. The van der Waals surface area contributed by atoms with Crippen molar-refractivity contribution in [3.05, 3.63) is 11.6 Å². The van der Waals surface area contributed by atoms with Crippen LogP contribution in [-0.2, 0) is 23.7 Å². The van der Waals surface area contributed by atoms with Gasteiger partial charge in [0.05, 0.1) is 29.5 Å². The number of fused-ring (bicyclic) bond motifs is 5. The number of carbonyl (C=O) groups excluding carboxylic acids is 1. The zero-order valence-corrected chi connectivity index (χ0v) is 23.4. The minimum atomic E-state index is -0.853. The summed E-state index contributed by atoms with van der Waals surface area (Å²) in [6.45, 7) is 6.67. The third-order valence-electron chi connectivity index (χ3n) is 12.4. The van der Waals surface area contributed by atoms with Crippen molar-refractivity contribution >= 4 is 5.97 Å². The molecule has 1 saturated heterocycles. The van der Waals surface area contributed by atoms with Gasteiger partial charge in [0.25, 0.3) is 0 Å². The van der Waals surface area contributed by atoms with Gasteiger partial charge in [0.1, 0.15) is 12.7 Å². The van der Waals surface area contributed by atoms with Gasteiger partial charge in [-0.1, -0.05) is 13.8 Å². The summed E-state index contributed by atoms with van der Waals surface area (Å²) in [4.78, 5) is 11.8. The number of methoxy groups -OCH3 is 1. The zero-order chi connectivity index (χ0) is 27.1. The first-order valence-electron chi connectivity index (χ1n) is 14.8. The predicted molar refractivity (Wildman–Crippen MR) is 138 cm³/mol. The second-order valence-corrected chi connectivity index (χ2v) is 13.8. The first-order valence-corrected chi connectivity index (χ1v) is 14.8. The summed E-state index contributed by atoms with van der Waals surface area (Å²) in [7, 11) is 1.60. The van der Waals surface area contributed by atoms with Crippen LogP contribution in [0.1, 0.15) is 85.0 Å². The molecule has 0 amide bonds. The van der Waals surface area contributed by atoms with Crippen molar-refractivity contribution in [1.29, 1.82) is 0 Å². The van der Waals surface area contributed by atoms with E-state index >= 15 is 0 Å². The molecule has 8 heteroatoms. The number of hydrogen-bond acceptors (Lipinski definition) is 8. The molecule has 8 nitrogen and oxygen atoms in total. The van der Waals surface area contributed by atoms with Gasteiger partial charge < -0.3 is 34.3 Å². The van der Waals surface area contributed by atoms with Gasteiger partial charge in [-0.3, -0.25) is 0 Å². The van der Waals surface area contributed by atoms with Crippen molar-refractivity contribution in [2.24, 2.45) is 28.6 Å². The average Bonchev–Trinajstić information content (AvgIpc) is 3.41. The highest BCUT2D eigenvalue weighted by molar-refractivity contribution is 5.85. The maximum Gasteiger partial charge on any atom is 0.331 e. The molecule has 6 rings (SSSR count). The summed E-state index contributed by atoms with van der Waals surface area (Å²) in [5.74, 6) is 0.293. The maximum absolute atomic E-state index is 12.4. The Balaban J connectivity index is 1.18. The van der Waals surface area contributed by atoms with E-state index in [0.29, 0.717) is 25.9 Å². The Morgan fingerprint density at radius 1 is 1.00 bits per heavy atom. The van der Waals surface area contributed by atoms with Crippen molar-refractivity contribution < 1.29 is 39.1 Å². The zero-order valence-electron chi connectivity index (χ0n) is 23.4. The van der Waals surface area contributed by atoms with Gasteiger partial charge in [-0.15, -0.1) is 0 Å². The highest BCUT2D eigenvalue weighted by Crippen LogP contribution is 2.70. The van der Waals surface area contributed by atoms with Crippen molar-refractivity contribution in [3.63, 3.8) is 0 Å². The number of aliphatic hydroxyl groups excluding tert-OH is 1. The molecule has 0 aromatic carbocycles. The number of aliphatic hydroxyl groups is 3. The van der Waals surface area contributed by atoms with Crippen LogP contribution < -0.4 is 0 Å². The first-order chi connectivity index (χ1) is 17.9. The molecule has 0 bridgehead atoms. The van der Waals surface area contributed by atoms with Crippen LogP contribution in [0.25, 0.3) is 0 Å². The van der Waals surface area contributed by atoms with Gasteiger partial charge >= 0.3 is 5.97 Å². The number of esters is 1. The van der Waals surface area contributed by atoms with Crippen LogP contribution >= 0.6 is 0 Å². The Bertz CT molecular complexity index is 983. The highest BCUT2D eigenvalue weighted by atomic mass is 16.7. The van der Waals surface area contributed by atoms with Crippen molar-refractivity contribution in [1.82, 2.24) is 0 Å². The van der Waals surface area contributed by atoms with Crippen LogP contribution in [0, 0.1) is 28.6 Å². The molecule has 6 aliphatic rings. The SMILES string of the molecule is COC1CC(O[C@H]2CC[C@]3(C)C4CC[C@]5(C)[C@@H](C6=CC(=O)OC6)CC[C@]5(O)[C@@H]4CC[C@]3(O)C2)OC(C)C1O. The number of hydrogen-bond donors (Lipinski definition) is 3. The fraction of sp³-hybridized carbons (Fsp3) is 0.900. The largest absolute Gasteiger partial charge is 0.458 e. The lowest BCUT2D eigenvalue weighted by molar-refractivity contribution is -0.291. The van der Waals surface area contributed by atoms with Gasteiger partial charge in [0.15, 0.2) is 6.29 Å². The van der Waals surface area contributed by atoms with Crippen molar-refractivity contribution in [3.8, 4) is 0 Å². The second kappa shape index (κ2) is 9.25. The molecule has 12 atom stereocenters. The average molecular weight is 535 g/mol. The number of ether oxygens (including phenoxy) is 4. The van der Waals surface area contributed by atoms with Gasteiger partial charge in [-0.25, -0.2) is 4.79 Å². The van der Waals surface area contributed by atoms with E-state index in [-0.39, 0.29) is 52.9 Å². The third kappa shape index (κ3) is 3.81. The minimum absolute atomic E-state index is 0.116. The number of rotatable bonds is 4. The summed E-state index contributed by atoms with van der Waals surface area (Å²) in [5.41, 5.74) is -1.17. The molecule has 2 heterocycles. The summed E-state index contributed by atoms with van der Waals surface area (Å²) < 4.78 is 23.0. The van der Waals surface area contributed by atoms with E-state index in [9.17, 15) is 20.1 Å². The molecule has 0 radical (unpaired) electrons. The Kier molecular flexibility index (Phi) is 6.61. The molecule has 214 valence electrons. The summed E-state index contributed by atoms with van der Waals surface area (Å²) in [6, 6.07) is 0. The molecule has 5 unspecified atom stereocenters. The predicted octanol–water partition coefficient (Wildman–Crippen LogP) is 3.25. The lowest BCUT2D eigenvalue weighted by Crippen LogP contribution is -2.67. The molecule has 4 aliphatic carbocycles. The Hall–Kier alpha value is -1.03. The molecule has 4 saturated carbocycles. The molecule has 0 aromatic heterocycles. The first kappa shape index (κ1) is 27.2. The van der Waals surface area contributed by atoms with Crippen LogP contribution in [0.4, 0.5) is 0 Å². The van der Waals surface area contributed by atoms with Crippen LogP contribution in [0.5, 0.6) is 0 Å². The fourth-order valence-electron chi connectivity index (χ4n) is 10.0. The molecular weight excluding hydrogens is 488 g/mol. The summed E-state index contributed by atoms with van der Waals surface area (Å²) in [6.07, 6.45) is 7.36. The minimum Gasteiger partial charge on any atom is -0.458 e. The van der Waals surface area contributed by atoms with E-state index in [0.717, 1.165) is 50.5 Å². The molecule has 0 aromatic rings. The van der Waals surface area contributed by atoms with E-state index in [1.807, 2.05) is 6.92 Å². The van der Waals surface area contributed by atoms with Crippen LogP contribution in [0.3, 0.4) is 0 Å². The number of carbonyl (C=O) groups is 1. The highest BCUT2D eigenvalue weighted by Gasteiger charge is 2.70. The molecule has 2 aliphatic heterocycles. The smallest absolute Gasteiger partial charge is 0.331 e. The Morgan fingerprint density at radius 2 is 1.74 bits per heavy atom. The second-order valence-electron chi connectivity index (χ2n) is 13.8. The lowest BCUT2D eigenvalue weighted by Gasteiger charge is -2.66.